The maximum absolute atomic E-state index is 13.2. The van der Waals surface area contributed by atoms with Gasteiger partial charge in [0.25, 0.3) is 5.91 Å². The van der Waals surface area contributed by atoms with E-state index in [0.29, 0.717) is 17.7 Å². The van der Waals surface area contributed by atoms with Crippen molar-refractivity contribution in [3.63, 3.8) is 0 Å². The van der Waals surface area contributed by atoms with Crippen molar-refractivity contribution in [3.05, 3.63) is 66.5 Å². The number of hydrogen-bond acceptors (Lipinski definition) is 3. The molecule has 27 heavy (non-hydrogen) atoms. The number of carbonyl (C=O) groups excluding carboxylic acids is 1. The number of nitrogens with zero attached hydrogens (tertiary/aromatic N) is 2. The molecule has 0 aliphatic carbocycles. The molecular formula is C22H25FN2O2. The Morgan fingerprint density at radius 1 is 1.19 bits per heavy atom. The maximum Gasteiger partial charge on any atom is 0.254 e. The van der Waals surface area contributed by atoms with Crippen LogP contribution in [0.4, 0.5) is 4.39 Å². The van der Waals surface area contributed by atoms with Crippen LogP contribution >= 0.6 is 0 Å². The summed E-state index contributed by atoms with van der Waals surface area (Å²) < 4.78 is 13.2. The van der Waals surface area contributed by atoms with Crippen molar-refractivity contribution in [2.75, 3.05) is 19.6 Å². The highest BCUT2D eigenvalue weighted by atomic mass is 19.1. The Hall–Kier alpha value is -2.66. The van der Waals surface area contributed by atoms with Crippen LogP contribution in [-0.2, 0) is 0 Å². The number of phenolic OH excluding ortho intramolecular Hbond substituents is 1. The van der Waals surface area contributed by atoms with Crippen LogP contribution in [0.15, 0.2) is 55.1 Å². The quantitative estimate of drug-likeness (QED) is 0.832. The number of hydrogen-bond donors (Lipinski definition) is 1. The molecule has 3 rings (SSSR count). The molecule has 1 N–H and O–H groups in total. The highest BCUT2D eigenvalue weighted by molar-refractivity contribution is 5.95. The van der Waals surface area contributed by atoms with Gasteiger partial charge in [-0.15, -0.1) is 6.58 Å². The lowest BCUT2D eigenvalue weighted by atomic mass is 10.0. The Bertz CT molecular complexity index is 835. The zero-order chi connectivity index (χ0) is 19.6. The van der Waals surface area contributed by atoms with E-state index in [1.165, 1.54) is 12.1 Å². The number of aromatic hydroxyl groups is 1. The molecule has 1 heterocycles. The van der Waals surface area contributed by atoms with Crippen LogP contribution in [-0.4, -0.2) is 52.5 Å². The van der Waals surface area contributed by atoms with Gasteiger partial charge in [-0.1, -0.05) is 18.2 Å². The smallest absolute Gasteiger partial charge is 0.254 e. The molecule has 0 bridgehead atoms. The number of rotatable bonds is 4. The molecule has 1 fully saturated rings. The molecule has 142 valence electrons. The summed E-state index contributed by atoms with van der Waals surface area (Å²) in [6, 6.07) is 11.4. The van der Waals surface area contributed by atoms with E-state index >= 15 is 0 Å². The second-order valence-corrected chi connectivity index (χ2v) is 7.14. The third-order valence-electron chi connectivity index (χ3n) is 5.14. The fourth-order valence-corrected chi connectivity index (χ4v) is 3.61. The van der Waals surface area contributed by atoms with Gasteiger partial charge in [-0.25, -0.2) is 4.39 Å². The fourth-order valence-electron chi connectivity index (χ4n) is 3.61. The predicted octanol–water partition coefficient (Wildman–Crippen LogP) is 3.92. The van der Waals surface area contributed by atoms with Crippen molar-refractivity contribution in [2.24, 2.45) is 0 Å². The van der Waals surface area contributed by atoms with Crippen LogP contribution in [0.2, 0.25) is 0 Å². The molecule has 0 radical (unpaired) electrons. The van der Waals surface area contributed by atoms with Crippen molar-refractivity contribution in [2.45, 2.75) is 25.9 Å². The molecule has 1 aliphatic heterocycles. The molecule has 5 heteroatoms. The number of amides is 1. The van der Waals surface area contributed by atoms with Crippen molar-refractivity contribution >= 4 is 5.91 Å². The number of halogens is 1. The first-order valence-corrected chi connectivity index (χ1v) is 9.15. The summed E-state index contributed by atoms with van der Waals surface area (Å²) in [5, 5.41) is 9.93. The van der Waals surface area contributed by atoms with Crippen molar-refractivity contribution in [3.8, 4) is 16.9 Å². The molecule has 1 aliphatic rings. The van der Waals surface area contributed by atoms with Crippen LogP contribution in [0.25, 0.3) is 11.1 Å². The highest BCUT2D eigenvalue weighted by Gasteiger charge is 2.31. The Kier molecular flexibility index (Phi) is 5.61. The van der Waals surface area contributed by atoms with Gasteiger partial charge in [0, 0.05) is 48.9 Å². The molecule has 1 amide bonds. The third-order valence-corrected chi connectivity index (χ3v) is 5.14. The second-order valence-electron chi connectivity index (χ2n) is 7.14. The zero-order valence-electron chi connectivity index (χ0n) is 15.7. The average Bonchev–Trinajstić information content (AvgIpc) is 2.64. The van der Waals surface area contributed by atoms with E-state index in [4.69, 9.17) is 0 Å². The average molecular weight is 368 g/mol. The van der Waals surface area contributed by atoms with E-state index in [1.807, 2.05) is 11.0 Å². The lowest BCUT2D eigenvalue weighted by molar-refractivity contribution is 0.0355. The van der Waals surface area contributed by atoms with Crippen molar-refractivity contribution in [1.82, 2.24) is 9.80 Å². The Morgan fingerprint density at radius 2 is 1.89 bits per heavy atom. The van der Waals surface area contributed by atoms with Crippen molar-refractivity contribution < 1.29 is 14.3 Å². The van der Waals surface area contributed by atoms with Crippen LogP contribution in [0.5, 0.6) is 5.75 Å². The lowest BCUT2D eigenvalue weighted by Crippen LogP contribution is -2.57. The standard InChI is InChI=1S/C22H25FN2O2/c1-4-11-24-13-16(3)25(14-15(24)2)22(27)18-7-5-17(6-8-18)20-10-9-19(23)12-21(20)26/h4-10,12,15-16,26H,1,11,13-14H2,2-3H3/t15-,16-/m0/s1. The van der Waals surface area contributed by atoms with Gasteiger partial charge in [0.05, 0.1) is 0 Å². The van der Waals surface area contributed by atoms with E-state index in [1.54, 1.807) is 24.3 Å². The molecule has 2 aromatic carbocycles. The topological polar surface area (TPSA) is 43.8 Å². The number of carbonyl (C=O) groups is 1. The summed E-state index contributed by atoms with van der Waals surface area (Å²) in [6.07, 6.45) is 1.89. The first kappa shape index (κ1) is 19.1. The molecular weight excluding hydrogens is 343 g/mol. The van der Waals surface area contributed by atoms with Gasteiger partial charge in [0.15, 0.2) is 0 Å². The summed E-state index contributed by atoms with van der Waals surface area (Å²) in [5.41, 5.74) is 1.88. The number of phenols is 1. The summed E-state index contributed by atoms with van der Waals surface area (Å²) in [5.74, 6) is -0.598. The molecule has 2 atom stereocenters. The van der Waals surface area contributed by atoms with E-state index in [-0.39, 0.29) is 23.7 Å². The van der Waals surface area contributed by atoms with E-state index < -0.39 is 5.82 Å². The number of piperazine rings is 1. The van der Waals surface area contributed by atoms with Crippen LogP contribution in [0, 0.1) is 5.82 Å². The van der Waals surface area contributed by atoms with E-state index in [2.05, 4.69) is 25.3 Å². The van der Waals surface area contributed by atoms with Gasteiger partial charge in [-0.3, -0.25) is 9.69 Å². The van der Waals surface area contributed by atoms with E-state index in [0.717, 1.165) is 24.7 Å². The predicted molar refractivity (Wildman–Crippen MR) is 105 cm³/mol. The molecule has 0 unspecified atom stereocenters. The summed E-state index contributed by atoms with van der Waals surface area (Å²) in [6.45, 7) is 10.3. The third kappa shape index (κ3) is 4.03. The fraction of sp³-hybridized carbons (Fsp3) is 0.318. The summed E-state index contributed by atoms with van der Waals surface area (Å²) in [4.78, 5) is 17.2. The monoisotopic (exact) mass is 368 g/mol. The molecule has 0 aromatic heterocycles. The highest BCUT2D eigenvalue weighted by Crippen LogP contribution is 2.30. The van der Waals surface area contributed by atoms with Crippen LogP contribution in [0.1, 0.15) is 24.2 Å². The van der Waals surface area contributed by atoms with Gasteiger partial charge < -0.3 is 10.0 Å². The molecule has 0 spiro atoms. The van der Waals surface area contributed by atoms with Gasteiger partial charge >= 0.3 is 0 Å². The molecule has 1 saturated heterocycles. The minimum atomic E-state index is -0.484. The number of benzene rings is 2. The lowest BCUT2D eigenvalue weighted by Gasteiger charge is -2.43. The Balaban J connectivity index is 1.77. The molecule has 2 aromatic rings. The largest absolute Gasteiger partial charge is 0.507 e. The normalized spacial score (nSPS) is 20.5. The van der Waals surface area contributed by atoms with Gasteiger partial charge in [0.2, 0.25) is 0 Å². The minimum absolute atomic E-state index is 0.00230. The van der Waals surface area contributed by atoms with Crippen LogP contribution < -0.4 is 0 Å². The van der Waals surface area contributed by atoms with Gasteiger partial charge in [0.1, 0.15) is 11.6 Å². The molecule has 0 saturated carbocycles. The van der Waals surface area contributed by atoms with Crippen molar-refractivity contribution in [1.29, 1.82) is 0 Å². The van der Waals surface area contributed by atoms with Gasteiger partial charge in [-0.05, 0) is 43.7 Å². The minimum Gasteiger partial charge on any atom is -0.507 e. The van der Waals surface area contributed by atoms with E-state index in [9.17, 15) is 14.3 Å². The Morgan fingerprint density at radius 3 is 2.52 bits per heavy atom. The maximum atomic E-state index is 13.2. The summed E-state index contributed by atoms with van der Waals surface area (Å²) >= 11 is 0. The zero-order valence-corrected chi connectivity index (χ0v) is 15.7. The second kappa shape index (κ2) is 7.92. The summed E-state index contributed by atoms with van der Waals surface area (Å²) in [7, 11) is 0. The van der Waals surface area contributed by atoms with Crippen LogP contribution in [0.3, 0.4) is 0 Å². The Labute approximate surface area is 159 Å². The SMILES string of the molecule is C=CCN1C[C@H](C)N(C(=O)c2ccc(-c3ccc(F)cc3O)cc2)C[C@@H]1C. The first-order chi connectivity index (χ1) is 12.9. The first-order valence-electron chi connectivity index (χ1n) is 9.15. The molecule has 4 nitrogen and oxygen atoms in total. The van der Waals surface area contributed by atoms with Gasteiger partial charge in [-0.2, -0.15) is 0 Å².